The number of methoxy groups -OCH3 is 1. The minimum atomic E-state index is -0.243. The predicted molar refractivity (Wildman–Crippen MR) is 91.5 cm³/mol. The van der Waals surface area contributed by atoms with Crippen LogP contribution in [0.1, 0.15) is 6.42 Å². The first-order valence-corrected chi connectivity index (χ1v) is 7.62. The van der Waals surface area contributed by atoms with Crippen molar-refractivity contribution in [3.8, 4) is 11.5 Å². The number of carbonyl (C=O) groups excluding carboxylic acids is 1. The van der Waals surface area contributed by atoms with Crippen LogP contribution in [-0.4, -0.2) is 26.3 Å². The van der Waals surface area contributed by atoms with E-state index in [1.54, 1.807) is 55.6 Å². The van der Waals surface area contributed by atoms with Crippen LogP contribution >= 0.6 is 11.6 Å². The summed E-state index contributed by atoms with van der Waals surface area (Å²) in [5, 5.41) is 6.17. The van der Waals surface area contributed by atoms with Crippen molar-refractivity contribution < 1.29 is 14.3 Å². The molecule has 2 aromatic rings. The number of hydrogen-bond acceptors (Lipinski definition) is 3. The predicted octanol–water partition coefficient (Wildman–Crippen LogP) is 4.29. The van der Waals surface area contributed by atoms with E-state index in [2.05, 4.69) is 10.6 Å². The minimum absolute atomic E-state index is 0.243. The molecule has 0 unspecified atom stereocenters. The van der Waals surface area contributed by atoms with Crippen molar-refractivity contribution in [2.24, 2.45) is 0 Å². The molecule has 5 nitrogen and oxygen atoms in total. The fraction of sp³-hybridized carbons (Fsp3) is 0.235. The van der Waals surface area contributed by atoms with Crippen molar-refractivity contribution in [1.29, 1.82) is 0 Å². The molecule has 0 atom stereocenters. The second-order valence-corrected chi connectivity index (χ2v) is 5.24. The molecule has 2 amide bonds. The van der Waals surface area contributed by atoms with Crippen LogP contribution in [-0.2, 0) is 4.74 Å². The summed E-state index contributed by atoms with van der Waals surface area (Å²) < 4.78 is 10.6. The average molecular weight is 335 g/mol. The van der Waals surface area contributed by atoms with Crippen LogP contribution in [0, 0.1) is 0 Å². The molecule has 0 heterocycles. The largest absolute Gasteiger partial charge is 0.457 e. The van der Waals surface area contributed by atoms with E-state index >= 15 is 0 Å². The quantitative estimate of drug-likeness (QED) is 0.742. The first-order valence-electron chi connectivity index (χ1n) is 7.24. The van der Waals surface area contributed by atoms with Gasteiger partial charge in [0.05, 0.1) is 0 Å². The Bertz CT molecular complexity index is 615. The zero-order valence-corrected chi connectivity index (χ0v) is 13.6. The smallest absolute Gasteiger partial charge is 0.319 e. The van der Waals surface area contributed by atoms with Crippen molar-refractivity contribution in [1.82, 2.24) is 5.32 Å². The van der Waals surface area contributed by atoms with Gasteiger partial charge in [0.25, 0.3) is 0 Å². The highest BCUT2D eigenvalue weighted by molar-refractivity contribution is 6.30. The molecule has 2 N–H and O–H groups in total. The summed E-state index contributed by atoms with van der Waals surface area (Å²) in [7, 11) is 1.63. The Balaban J connectivity index is 1.82. The number of halogens is 1. The third-order valence-electron chi connectivity index (χ3n) is 2.97. The van der Waals surface area contributed by atoms with E-state index in [0.717, 1.165) is 6.42 Å². The van der Waals surface area contributed by atoms with Crippen LogP contribution in [0.25, 0.3) is 0 Å². The number of amides is 2. The van der Waals surface area contributed by atoms with E-state index in [9.17, 15) is 4.79 Å². The number of hydrogen-bond donors (Lipinski definition) is 2. The molecule has 0 bridgehead atoms. The summed E-state index contributed by atoms with van der Waals surface area (Å²) in [5.41, 5.74) is 0.692. The van der Waals surface area contributed by atoms with Crippen LogP contribution in [0.4, 0.5) is 10.5 Å². The highest BCUT2D eigenvalue weighted by Crippen LogP contribution is 2.24. The van der Waals surface area contributed by atoms with E-state index in [-0.39, 0.29) is 6.03 Å². The summed E-state index contributed by atoms with van der Waals surface area (Å²) in [6, 6.07) is 14.0. The van der Waals surface area contributed by atoms with Gasteiger partial charge >= 0.3 is 6.03 Å². The lowest BCUT2D eigenvalue weighted by atomic mass is 10.3. The molecule has 0 aliphatic carbocycles. The zero-order chi connectivity index (χ0) is 16.5. The molecule has 122 valence electrons. The van der Waals surface area contributed by atoms with Gasteiger partial charge in [0.15, 0.2) is 0 Å². The number of anilines is 1. The number of carbonyl (C=O) groups is 1. The monoisotopic (exact) mass is 334 g/mol. The number of urea groups is 1. The first-order chi connectivity index (χ1) is 11.2. The van der Waals surface area contributed by atoms with Crippen molar-refractivity contribution in [3.05, 3.63) is 53.6 Å². The maximum atomic E-state index is 11.7. The maximum absolute atomic E-state index is 11.7. The van der Waals surface area contributed by atoms with Crippen LogP contribution in [0.3, 0.4) is 0 Å². The third kappa shape index (κ3) is 6.18. The molecule has 0 radical (unpaired) electrons. The fourth-order valence-electron chi connectivity index (χ4n) is 1.84. The van der Waals surface area contributed by atoms with Gasteiger partial charge in [0, 0.05) is 31.0 Å². The van der Waals surface area contributed by atoms with Crippen molar-refractivity contribution in [2.45, 2.75) is 6.42 Å². The topological polar surface area (TPSA) is 59.6 Å². The summed E-state index contributed by atoms with van der Waals surface area (Å²) >= 11 is 5.83. The van der Waals surface area contributed by atoms with Gasteiger partial charge in [-0.1, -0.05) is 11.6 Å². The number of rotatable bonds is 7. The third-order valence-corrected chi connectivity index (χ3v) is 3.22. The van der Waals surface area contributed by atoms with Crippen molar-refractivity contribution in [2.75, 3.05) is 25.6 Å². The van der Waals surface area contributed by atoms with E-state index in [4.69, 9.17) is 21.1 Å². The van der Waals surface area contributed by atoms with Gasteiger partial charge in [-0.15, -0.1) is 0 Å². The summed E-state index contributed by atoms with van der Waals surface area (Å²) in [4.78, 5) is 11.7. The summed E-state index contributed by atoms with van der Waals surface area (Å²) in [6.07, 6.45) is 0.776. The number of ether oxygens (including phenoxy) is 2. The van der Waals surface area contributed by atoms with Gasteiger partial charge in [-0.05, 0) is 55.0 Å². The molecule has 6 heteroatoms. The Morgan fingerprint density at radius 3 is 2.26 bits per heavy atom. The van der Waals surface area contributed by atoms with Crippen LogP contribution in [0.15, 0.2) is 48.5 Å². The molecule has 0 aromatic heterocycles. The van der Waals surface area contributed by atoms with Gasteiger partial charge in [0.2, 0.25) is 0 Å². The van der Waals surface area contributed by atoms with Gasteiger partial charge < -0.3 is 20.1 Å². The Morgan fingerprint density at radius 2 is 1.65 bits per heavy atom. The Morgan fingerprint density at radius 1 is 1.04 bits per heavy atom. The Hall–Kier alpha value is -2.24. The summed E-state index contributed by atoms with van der Waals surface area (Å²) in [6.45, 7) is 1.19. The molecule has 23 heavy (non-hydrogen) atoms. The lowest BCUT2D eigenvalue weighted by molar-refractivity contribution is 0.194. The second-order valence-electron chi connectivity index (χ2n) is 4.81. The standard InChI is InChI=1S/C17H19ClN2O3/c1-22-12-2-11-19-17(21)20-14-5-9-16(10-6-14)23-15-7-3-13(18)4-8-15/h3-10H,2,11-12H2,1H3,(H2,19,20,21). The molecule has 2 aromatic carbocycles. The molecule has 0 spiro atoms. The number of nitrogens with one attached hydrogen (secondary N) is 2. The molecular weight excluding hydrogens is 316 g/mol. The highest BCUT2D eigenvalue weighted by Gasteiger charge is 2.02. The van der Waals surface area contributed by atoms with Gasteiger partial charge in [-0.2, -0.15) is 0 Å². The lowest BCUT2D eigenvalue weighted by Crippen LogP contribution is -2.29. The second kappa shape index (κ2) is 9.02. The lowest BCUT2D eigenvalue weighted by Gasteiger charge is -2.09. The fourth-order valence-corrected chi connectivity index (χ4v) is 1.96. The van der Waals surface area contributed by atoms with Gasteiger partial charge in [-0.25, -0.2) is 4.79 Å². The Labute approximate surface area is 140 Å². The summed E-state index contributed by atoms with van der Waals surface area (Å²) in [5.74, 6) is 1.38. The minimum Gasteiger partial charge on any atom is -0.457 e. The molecule has 0 saturated carbocycles. The van der Waals surface area contributed by atoms with Crippen molar-refractivity contribution in [3.63, 3.8) is 0 Å². The van der Waals surface area contributed by atoms with Crippen LogP contribution in [0.2, 0.25) is 5.02 Å². The average Bonchev–Trinajstić information content (AvgIpc) is 2.56. The van der Waals surface area contributed by atoms with Crippen molar-refractivity contribution >= 4 is 23.3 Å². The van der Waals surface area contributed by atoms with Crippen LogP contribution < -0.4 is 15.4 Å². The zero-order valence-electron chi connectivity index (χ0n) is 12.8. The Kier molecular flexibility index (Phi) is 6.72. The van der Waals surface area contributed by atoms with E-state index < -0.39 is 0 Å². The van der Waals surface area contributed by atoms with E-state index in [1.165, 1.54) is 0 Å². The van der Waals surface area contributed by atoms with E-state index in [0.29, 0.717) is 35.4 Å². The highest BCUT2D eigenvalue weighted by atomic mass is 35.5. The molecule has 0 aliphatic rings. The molecule has 0 fully saturated rings. The van der Waals surface area contributed by atoms with Crippen LogP contribution in [0.5, 0.6) is 11.5 Å². The first kappa shape index (κ1) is 17.1. The molecular formula is C17H19ClN2O3. The van der Waals surface area contributed by atoms with Gasteiger partial charge in [0.1, 0.15) is 11.5 Å². The SMILES string of the molecule is COCCCNC(=O)Nc1ccc(Oc2ccc(Cl)cc2)cc1. The number of benzene rings is 2. The van der Waals surface area contributed by atoms with Gasteiger partial charge in [-0.3, -0.25) is 0 Å². The maximum Gasteiger partial charge on any atom is 0.319 e. The molecule has 2 rings (SSSR count). The molecule has 0 saturated heterocycles. The normalized spacial score (nSPS) is 10.2. The molecule has 0 aliphatic heterocycles. The van der Waals surface area contributed by atoms with E-state index in [1.807, 2.05) is 0 Å².